The average molecular weight is 280 g/mol. The number of methoxy groups -OCH3 is 1. The summed E-state index contributed by atoms with van der Waals surface area (Å²) in [5, 5.41) is 9.07. The Morgan fingerprint density at radius 1 is 1.32 bits per heavy atom. The molecule has 2 aromatic rings. The molecule has 0 fully saturated rings. The lowest BCUT2D eigenvalue weighted by atomic mass is 10.3. The zero-order valence-electron chi connectivity index (χ0n) is 10.9. The van der Waals surface area contributed by atoms with E-state index in [-0.39, 0.29) is 6.61 Å². The molecule has 0 atom stereocenters. The normalized spacial score (nSPS) is 10.5. The first-order chi connectivity index (χ1) is 9.24. The van der Waals surface area contributed by atoms with Crippen molar-refractivity contribution in [3.8, 4) is 11.5 Å². The van der Waals surface area contributed by atoms with E-state index in [1.54, 1.807) is 30.7 Å². The van der Waals surface area contributed by atoms with Gasteiger partial charge in [0, 0.05) is 17.4 Å². The van der Waals surface area contributed by atoms with Crippen molar-refractivity contribution in [2.24, 2.45) is 0 Å². The molecule has 0 radical (unpaired) electrons. The van der Waals surface area contributed by atoms with Gasteiger partial charge >= 0.3 is 0 Å². The molecule has 0 bridgehead atoms. The van der Waals surface area contributed by atoms with E-state index in [4.69, 9.17) is 14.6 Å². The van der Waals surface area contributed by atoms with Crippen LogP contribution in [0.1, 0.15) is 16.3 Å². The highest BCUT2D eigenvalue weighted by Gasteiger charge is 2.08. The van der Waals surface area contributed by atoms with Crippen molar-refractivity contribution >= 4 is 11.3 Å². The van der Waals surface area contributed by atoms with Gasteiger partial charge < -0.3 is 14.6 Å². The average Bonchev–Trinajstić information content (AvgIpc) is 2.84. The van der Waals surface area contributed by atoms with Crippen LogP contribution in [-0.4, -0.2) is 28.8 Å². The highest BCUT2D eigenvalue weighted by Crippen LogP contribution is 2.26. The van der Waals surface area contributed by atoms with E-state index >= 15 is 0 Å². The van der Waals surface area contributed by atoms with E-state index in [1.165, 1.54) is 4.88 Å². The highest BCUT2D eigenvalue weighted by molar-refractivity contribution is 7.09. The predicted molar refractivity (Wildman–Crippen MR) is 72.8 cm³/mol. The maximum atomic E-state index is 9.07. The highest BCUT2D eigenvalue weighted by atomic mass is 32.1. The summed E-state index contributed by atoms with van der Waals surface area (Å²) in [7, 11) is 1.57. The van der Waals surface area contributed by atoms with Crippen LogP contribution in [0.2, 0.25) is 0 Å². The van der Waals surface area contributed by atoms with Crippen LogP contribution in [0.25, 0.3) is 0 Å². The first-order valence-electron chi connectivity index (χ1n) is 5.90. The minimum absolute atomic E-state index is 0.117. The molecule has 2 rings (SSSR count). The molecular formula is C13H16N2O3S. The topological polar surface area (TPSA) is 64.5 Å². The fourth-order valence-electron chi connectivity index (χ4n) is 1.64. The number of aliphatic hydroxyl groups is 1. The molecule has 0 aliphatic carbocycles. The molecule has 0 saturated heterocycles. The van der Waals surface area contributed by atoms with Crippen molar-refractivity contribution in [1.82, 2.24) is 9.97 Å². The Morgan fingerprint density at radius 3 is 2.79 bits per heavy atom. The van der Waals surface area contributed by atoms with Crippen LogP contribution >= 0.6 is 11.3 Å². The molecule has 0 saturated carbocycles. The van der Waals surface area contributed by atoms with Crippen molar-refractivity contribution in [3.05, 3.63) is 34.0 Å². The van der Waals surface area contributed by atoms with Gasteiger partial charge in [0.25, 0.3) is 0 Å². The molecule has 19 heavy (non-hydrogen) atoms. The summed E-state index contributed by atoms with van der Waals surface area (Å²) < 4.78 is 10.9. The zero-order valence-corrected chi connectivity index (χ0v) is 11.7. The smallest absolute Gasteiger partial charge is 0.179 e. The van der Waals surface area contributed by atoms with E-state index in [0.717, 1.165) is 12.1 Å². The van der Waals surface area contributed by atoms with Crippen molar-refractivity contribution in [3.63, 3.8) is 0 Å². The largest absolute Gasteiger partial charge is 0.491 e. The summed E-state index contributed by atoms with van der Waals surface area (Å²) in [6.45, 7) is 2.41. The summed E-state index contributed by atoms with van der Waals surface area (Å²) in [4.78, 5) is 9.45. The Morgan fingerprint density at radius 2 is 2.16 bits per heavy atom. The Labute approximate surface area is 115 Å². The van der Waals surface area contributed by atoms with Crippen LogP contribution in [0.5, 0.6) is 11.5 Å². The number of aliphatic hydroxyl groups excluding tert-OH is 1. The molecule has 5 nitrogen and oxygen atoms in total. The first-order valence-corrected chi connectivity index (χ1v) is 6.78. The van der Waals surface area contributed by atoms with Gasteiger partial charge in [0.15, 0.2) is 11.5 Å². The first kappa shape index (κ1) is 13.8. The summed E-state index contributed by atoms with van der Waals surface area (Å²) in [5.74, 6) is 1.17. The second kappa shape index (κ2) is 6.49. The van der Waals surface area contributed by atoms with Gasteiger partial charge in [-0.25, -0.2) is 4.98 Å². The Hall–Kier alpha value is -1.66. The van der Waals surface area contributed by atoms with Gasteiger partial charge in [-0.15, -0.1) is 11.3 Å². The molecule has 0 unspecified atom stereocenters. The van der Waals surface area contributed by atoms with Gasteiger partial charge in [-0.2, -0.15) is 0 Å². The molecule has 0 aliphatic heterocycles. The van der Waals surface area contributed by atoms with Crippen LogP contribution in [0.15, 0.2) is 17.8 Å². The van der Waals surface area contributed by atoms with Crippen LogP contribution in [0.3, 0.4) is 0 Å². The standard InChI is InChI=1S/C13H16N2O3S/c1-9-13(19-8-15-9)3-4-18-11-5-10(7-16)14-6-12(11)17-2/h5-6,8,16H,3-4,7H2,1-2H3. The lowest BCUT2D eigenvalue weighted by Gasteiger charge is -2.10. The Bertz CT molecular complexity index is 542. The molecule has 1 N–H and O–H groups in total. The fourth-order valence-corrected chi connectivity index (χ4v) is 2.40. The van der Waals surface area contributed by atoms with Crippen molar-refractivity contribution in [1.29, 1.82) is 0 Å². The number of thiazole rings is 1. The number of aryl methyl sites for hydroxylation is 1. The van der Waals surface area contributed by atoms with E-state index in [1.807, 2.05) is 12.4 Å². The SMILES string of the molecule is COc1cnc(CO)cc1OCCc1scnc1C. The lowest BCUT2D eigenvalue weighted by molar-refractivity contribution is 0.270. The molecule has 2 heterocycles. The number of nitrogens with zero attached hydrogens (tertiary/aromatic N) is 2. The quantitative estimate of drug-likeness (QED) is 0.876. The van der Waals surface area contributed by atoms with Crippen LogP contribution < -0.4 is 9.47 Å². The van der Waals surface area contributed by atoms with Gasteiger partial charge in [-0.3, -0.25) is 4.98 Å². The maximum absolute atomic E-state index is 9.07. The molecule has 102 valence electrons. The number of hydrogen-bond donors (Lipinski definition) is 1. The number of ether oxygens (including phenoxy) is 2. The molecule has 6 heteroatoms. The number of hydrogen-bond acceptors (Lipinski definition) is 6. The predicted octanol–water partition coefficient (Wildman–Crippen LogP) is 1.97. The number of aromatic nitrogens is 2. The van der Waals surface area contributed by atoms with E-state index in [0.29, 0.717) is 23.8 Å². The second-order valence-electron chi connectivity index (χ2n) is 3.94. The van der Waals surface area contributed by atoms with Crippen LogP contribution in [-0.2, 0) is 13.0 Å². The Balaban J connectivity index is 2.00. The van der Waals surface area contributed by atoms with E-state index in [2.05, 4.69) is 9.97 Å². The van der Waals surface area contributed by atoms with Gasteiger partial charge in [-0.1, -0.05) is 0 Å². The van der Waals surface area contributed by atoms with Gasteiger partial charge in [0.1, 0.15) is 0 Å². The summed E-state index contributed by atoms with van der Waals surface area (Å²) >= 11 is 1.63. The van der Waals surface area contributed by atoms with Gasteiger partial charge in [0.2, 0.25) is 0 Å². The summed E-state index contributed by atoms with van der Waals surface area (Å²) in [6, 6.07) is 1.69. The molecule has 0 aromatic carbocycles. The zero-order chi connectivity index (χ0) is 13.7. The number of pyridine rings is 1. The molecule has 2 aromatic heterocycles. The molecule has 0 aliphatic rings. The third-order valence-corrected chi connectivity index (χ3v) is 3.70. The van der Waals surface area contributed by atoms with Crippen LogP contribution in [0.4, 0.5) is 0 Å². The van der Waals surface area contributed by atoms with Crippen molar-refractivity contribution < 1.29 is 14.6 Å². The molecule has 0 spiro atoms. The minimum atomic E-state index is -0.117. The molecule has 0 amide bonds. The van der Waals surface area contributed by atoms with Gasteiger partial charge in [-0.05, 0) is 6.92 Å². The lowest BCUT2D eigenvalue weighted by Crippen LogP contribution is -2.04. The van der Waals surface area contributed by atoms with E-state index < -0.39 is 0 Å². The van der Waals surface area contributed by atoms with Crippen molar-refractivity contribution in [2.75, 3.05) is 13.7 Å². The third-order valence-electron chi connectivity index (χ3n) is 2.70. The Kier molecular flexibility index (Phi) is 4.70. The second-order valence-corrected chi connectivity index (χ2v) is 4.88. The number of rotatable bonds is 6. The van der Waals surface area contributed by atoms with Crippen LogP contribution in [0, 0.1) is 6.92 Å². The molecular weight excluding hydrogens is 264 g/mol. The summed E-state index contributed by atoms with van der Waals surface area (Å²) in [5.41, 5.74) is 3.44. The van der Waals surface area contributed by atoms with E-state index in [9.17, 15) is 0 Å². The fraction of sp³-hybridized carbons (Fsp3) is 0.385. The van der Waals surface area contributed by atoms with Gasteiger partial charge in [0.05, 0.1) is 43.4 Å². The minimum Gasteiger partial charge on any atom is -0.491 e. The monoisotopic (exact) mass is 280 g/mol. The maximum Gasteiger partial charge on any atom is 0.179 e. The van der Waals surface area contributed by atoms with Crippen molar-refractivity contribution in [2.45, 2.75) is 20.0 Å². The third kappa shape index (κ3) is 3.42. The summed E-state index contributed by atoms with van der Waals surface area (Å²) in [6.07, 6.45) is 2.36.